The van der Waals surface area contributed by atoms with Crippen LogP contribution in [0.3, 0.4) is 0 Å². The topological polar surface area (TPSA) is 38.3 Å². The smallest absolute Gasteiger partial charge is 0.313 e. The predicted octanol–water partition coefficient (Wildman–Crippen LogP) is 2.83. The Hall–Kier alpha value is -1.35. The van der Waals surface area contributed by atoms with Gasteiger partial charge in [0.05, 0.1) is 12.5 Å². The normalized spacial score (nSPS) is 17.9. The lowest BCUT2D eigenvalue weighted by Gasteiger charge is -2.28. The molecule has 1 unspecified atom stereocenters. The van der Waals surface area contributed by atoms with Crippen LogP contribution in [0.5, 0.6) is 0 Å². The molecule has 1 fully saturated rings. The van der Waals surface area contributed by atoms with Crippen molar-refractivity contribution in [1.29, 1.82) is 0 Å². The molecule has 0 radical (unpaired) electrons. The molecule has 3 nitrogen and oxygen atoms in total. The lowest BCUT2D eigenvalue weighted by Crippen LogP contribution is -2.34. The first-order chi connectivity index (χ1) is 8.96. The second-order valence-electron chi connectivity index (χ2n) is 5.68. The van der Waals surface area contributed by atoms with Gasteiger partial charge in [-0.05, 0) is 57.4 Å². The van der Waals surface area contributed by atoms with E-state index < -0.39 is 0 Å². The Morgan fingerprint density at radius 3 is 2.16 bits per heavy atom. The first kappa shape index (κ1) is 14.1. The molecule has 0 aromatic heterocycles. The van der Waals surface area contributed by atoms with Crippen LogP contribution in [0, 0.1) is 26.2 Å². The summed E-state index contributed by atoms with van der Waals surface area (Å²) in [7, 11) is 3.40. The molecule has 0 bridgehead atoms. The number of hydrogen-bond donors (Lipinski definition) is 1. The quantitative estimate of drug-likeness (QED) is 0.847. The summed E-state index contributed by atoms with van der Waals surface area (Å²) in [5.74, 6) is -0.0915. The van der Waals surface area contributed by atoms with E-state index in [9.17, 15) is 4.79 Å². The van der Waals surface area contributed by atoms with Crippen LogP contribution in [0.4, 0.5) is 0 Å². The number of methoxy groups -OCH3 is 1. The number of carbonyl (C=O) groups excluding carboxylic acids is 1. The van der Waals surface area contributed by atoms with E-state index in [1.807, 2.05) is 7.05 Å². The van der Waals surface area contributed by atoms with Crippen LogP contribution in [0.1, 0.15) is 41.1 Å². The third-order valence-electron chi connectivity index (χ3n) is 4.25. The van der Waals surface area contributed by atoms with E-state index >= 15 is 0 Å². The highest BCUT2D eigenvalue weighted by molar-refractivity contribution is 5.81. The van der Waals surface area contributed by atoms with Gasteiger partial charge in [-0.15, -0.1) is 0 Å². The summed E-state index contributed by atoms with van der Waals surface area (Å²) in [6, 6.07) is 4.40. The van der Waals surface area contributed by atoms with Crippen LogP contribution >= 0.6 is 0 Å². The minimum atomic E-state index is -0.367. The molecular formula is C16H23NO2. The van der Waals surface area contributed by atoms with Crippen molar-refractivity contribution in [2.45, 2.75) is 39.7 Å². The van der Waals surface area contributed by atoms with Crippen LogP contribution in [-0.2, 0) is 9.53 Å². The fraction of sp³-hybridized carbons (Fsp3) is 0.562. The second kappa shape index (κ2) is 4.97. The minimum Gasteiger partial charge on any atom is -0.469 e. The van der Waals surface area contributed by atoms with E-state index in [4.69, 9.17) is 4.74 Å². The van der Waals surface area contributed by atoms with Crippen molar-refractivity contribution in [3.63, 3.8) is 0 Å². The number of carbonyl (C=O) groups is 1. The van der Waals surface area contributed by atoms with Gasteiger partial charge in [0, 0.05) is 6.04 Å². The first-order valence-corrected chi connectivity index (χ1v) is 6.79. The number of aryl methyl sites for hydroxylation is 3. The molecule has 104 valence electrons. The molecule has 0 aliphatic heterocycles. The van der Waals surface area contributed by atoms with Crippen molar-refractivity contribution in [3.8, 4) is 0 Å². The standard InChI is InChI=1S/C16H23NO2/c1-10-8-11(2)13(12(3)9-10)14(17-4)16(6-7-16)15(18)19-5/h8-9,14,17H,6-7H2,1-5H3. The Morgan fingerprint density at radius 2 is 1.79 bits per heavy atom. The highest BCUT2D eigenvalue weighted by Crippen LogP contribution is 2.56. The number of rotatable bonds is 4. The fourth-order valence-corrected chi connectivity index (χ4v) is 3.29. The Labute approximate surface area is 115 Å². The van der Waals surface area contributed by atoms with E-state index in [0.717, 1.165) is 12.8 Å². The van der Waals surface area contributed by atoms with E-state index in [2.05, 4.69) is 38.2 Å². The third-order valence-corrected chi connectivity index (χ3v) is 4.25. The fourth-order valence-electron chi connectivity index (χ4n) is 3.29. The molecule has 0 heterocycles. The monoisotopic (exact) mass is 261 g/mol. The molecule has 1 aliphatic carbocycles. The van der Waals surface area contributed by atoms with E-state index in [-0.39, 0.29) is 17.4 Å². The molecule has 0 spiro atoms. The Balaban J connectivity index is 2.47. The molecule has 0 amide bonds. The van der Waals surface area contributed by atoms with Gasteiger partial charge in [0.1, 0.15) is 0 Å². The van der Waals surface area contributed by atoms with Gasteiger partial charge in [-0.3, -0.25) is 4.79 Å². The molecule has 19 heavy (non-hydrogen) atoms. The highest BCUT2D eigenvalue weighted by Gasteiger charge is 2.57. The molecule has 1 aromatic carbocycles. The van der Waals surface area contributed by atoms with Crippen LogP contribution < -0.4 is 5.32 Å². The summed E-state index contributed by atoms with van der Waals surface area (Å²) in [5.41, 5.74) is 4.63. The summed E-state index contributed by atoms with van der Waals surface area (Å²) in [6.07, 6.45) is 1.80. The molecule has 1 N–H and O–H groups in total. The van der Waals surface area contributed by atoms with Gasteiger partial charge in [0.15, 0.2) is 0 Å². The number of esters is 1. The summed E-state index contributed by atoms with van der Waals surface area (Å²) >= 11 is 0. The summed E-state index contributed by atoms with van der Waals surface area (Å²) < 4.78 is 5.01. The van der Waals surface area contributed by atoms with Gasteiger partial charge in [0.2, 0.25) is 0 Å². The van der Waals surface area contributed by atoms with Crippen molar-refractivity contribution in [2.24, 2.45) is 5.41 Å². The van der Waals surface area contributed by atoms with Crippen LogP contribution in [-0.4, -0.2) is 20.1 Å². The van der Waals surface area contributed by atoms with Crippen molar-refractivity contribution < 1.29 is 9.53 Å². The molecule has 0 saturated heterocycles. The zero-order valence-electron chi connectivity index (χ0n) is 12.5. The molecule has 1 saturated carbocycles. The first-order valence-electron chi connectivity index (χ1n) is 6.79. The van der Waals surface area contributed by atoms with Gasteiger partial charge < -0.3 is 10.1 Å². The average molecular weight is 261 g/mol. The third kappa shape index (κ3) is 2.27. The zero-order valence-corrected chi connectivity index (χ0v) is 12.5. The number of ether oxygens (including phenoxy) is 1. The molecule has 1 atom stereocenters. The Morgan fingerprint density at radius 1 is 1.26 bits per heavy atom. The lowest BCUT2D eigenvalue weighted by molar-refractivity contribution is -0.148. The molecule has 2 rings (SSSR count). The van der Waals surface area contributed by atoms with Gasteiger partial charge in [-0.2, -0.15) is 0 Å². The number of nitrogens with one attached hydrogen (secondary N) is 1. The number of benzene rings is 1. The van der Waals surface area contributed by atoms with Crippen LogP contribution in [0.15, 0.2) is 12.1 Å². The van der Waals surface area contributed by atoms with E-state index in [0.29, 0.717) is 0 Å². The van der Waals surface area contributed by atoms with Crippen molar-refractivity contribution >= 4 is 5.97 Å². The summed E-state index contributed by atoms with van der Waals surface area (Å²) in [5, 5.41) is 3.34. The lowest BCUT2D eigenvalue weighted by atomic mass is 9.84. The van der Waals surface area contributed by atoms with Crippen molar-refractivity contribution in [1.82, 2.24) is 5.32 Å². The molecule has 3 heteroatoms. The summed E-state index contributed by atoms with van der Waals surface area (Å²) in [6.45, 7) is 6.34. The molecule has 1 aliphatic rings. The van der Waals surface area contributed by atoms with E-state index in [1.54, 1.807) is 0 Å². The maximum absolute atomic E-state index is 12.1. The van der Waals surface area contributed by atoms with Gasteiger partial charge in [0.25, 0.3) is 0 Å². The second-order valence-corrected chi connectivity index (χ2v) is 5.68. The molecule has 1 aromatic rings. The van der Waals surface area contributed by atoms with Gasteiger partial charge in [-0.25, -0.2) is 0 Å². The maximum atomic E-state index is 12.1. The van der Waals surface area contributed by atoms with Gasteiger partial charge in [-0.1, -0.05) is 17.7 Å². The number of hydrogen-bond acceptors (Lipinski definition) is 3. The SMILES string of the molecule is CNC(c1c(C)cc(C)cc1C)C1(C(=O)OC)CC1. The Kier molecular flexibility index (Phi) is 3.68. The van der Waals surface area contributed by atoms with Gasteiger partial charge >= 0.3 is 5.97 Å². The van der Waals surface area contributed by atoms with E-state index in [1.165, 1.54) is 29.4 Å². The average Bonchev–Trinajstić information content (AvgIpc) is 3.13. The van der Waals surface area contributed by atoms with Crippen molar-refractivity contribution in [3.05, 3.63) is 34.4 Å². The highest BCUT2D eigenvalue weighted by atomic mass is 16.5. The summed E-state index contributed by atoms with van der Waals surface area (Å²) in [4.78, 5) is 12.1. The van der Waals surface area contributed by atoms with Crippen LogP contribution in [0.25, 0.3) is 0 Å². The van der Waals surface area contributed by atoms with Crippen LogP contribution in [0.2, 0.25) is 0 Å². The zero-order chi connectivity index (χ0) is 14.2. The Bertz CT molecular complexity index is 480. The largest absolute Gasteiger partial charge is 0.469 e. The minimum absolute atomic E-state index is 0.0422. The van der Waals surface area contributed by atoms with Crippen molar-refractivity contribution in [2.75, 3.05) is 14.2 Å². The molecular weight excluding hydrogens is 238 g/mol. The predicted molar refractivity (Wildman–Crippen MR) is 76.1 cm³/mol. The maximum Gasteiger partial charge on any atom is 0.313 e.